The number of alkyl halides is 3. The van der Waals surface area contributed by atoms with Crippen LogP contribution in [0.15, 0.2) is 12.1 Å². The third-order valence-corrected chi connectivity index (χ3v) is 2.91. The smallest absolute Gasteiger partial charge is 0.324 e. The van der Waals surface area contributed by atoms with Crippen LogP contribution in [0.2, 0.25) is 15.1 Å². The van der Waals surface area contributed by atoms with Crippen LogP contribution in [0.1, 0.15) is 18.0 Å². The van der Waals surface area contributed by atoms with E-state index in [2.05, 4.69) is 0 Å². The van der Waals surface area contributed by atoms with Gasteiger partial charge in [0.25, 0.3) is 0 Å². The molecule has 1 nitrogen and oxygen atoms in total. The average molecular weight is 329 g/mol. The maximum atomic E-state index is 12.1. The van der Waals surface area contributed by atoms with Crippen LogP contribution >= 0.6 is 47.2 Å². The normalized spacial score (nSPS) is 13.1. The Bertz CT molecular complexity index is 395. The Kier molecular flexibility index (Phi) is 6.39. The topological polar surface area (TPSA) is 26.0 Å². The summed E-state index contributed by atoms with van der Waals surface area (Å²) < 4.78 is 36.4. The number of hydrogen-bond donors (Lipinski definition) is 1. The summed E-state index contributed by atoms with van der Waals surface area (Å²) in [5.74, 6) is 0. The van der Waals surface area contributed by atoms with Crippen LogP contribution in [0, 0.1) is 0 Å². The van der Waals surface area contributed by atoms with Gasteiger partial charge in [0.2, 0.25) is 0 Å². The van der Waals surface area contributed by atoms with Crippen LogP contribution in [-0.2, 0) is 0 Å². The zero-order valence-electron chi connectivity index (χ0n) is 8.19. The molecule has 8 heteroatoms. The first-order valence-electron chi connectivity index (χ1n) is 4.17. The summed E-state index contributed by atoms with van der Waals surface area (Å²) in [6.07, 6.45) is -5.54. The van der Waals surface area contributed by atoms with Crippen molar-refractivity contribution in [3.05, 3.63) is 32.8 Å². The van der Waals surface area contributed by atoms with Gasteiger partial charge in [0.1, 0.15) is 0 Å². The van der Waals surface area contributed by atoms with Gasteiger partial charge >= 0.3 is 6.18 Å². The summed E-state index contributed by atoms with van der Waals surface area (Å²) >= 11 is 17.1. The van der Waals surface area contributed by atoms with Crippen molar-refractivity contribution >= 4 is 47.2 Å². The predicted molar refractivity (Wildman–Crippen MR) is 66.3 cm³/mol. The van der Waals surface area contributed by atoms with Gasteiger partial charge in [-0.05, 0) is 17.7 Å². The fraction of sp³-hybridized carbons (Fsp3) is 0.333. The highest BCUT2D eigenvalue weighted by molar-refractivity contribution is 6.43. The van der Waals surface area contributed by atoms with Gasteiger partial charge in [-0.15, -0.1) is 12.4 Å². The van der Waals surface area contributed by atoms with Crippen LogP contribution in [-0.4, -0.2) is 6.18 Å². The second-order valence-corrected chi connectivity index (χ2v) is 4.44. The van der Waals surface area contributed by atoms with Gasteiger partial charge in [-0.25, -0.2) is 0 Å². The summed E-state index contributed by atoms with van der Waals surface area (Å²) in [4.78, 5) is 0. The molecule has 0 spiro atoms. The quantitative estimate of drug-likeness (QED) is 0.758. The standard InChI is InChI=1S/C9H7Cl3F3N.ClH/c10-4-1-5(8(12)6(11)2-4)7(16)3-9(13,14)15;/h1-2,7H,3,16H2;1H/t7-;/m0./s1. The van der Waals surface area contributed by atoms with E-state index in [1.54, 1.807) is 0 Å². The lowest BCUT2D eigenvalue weighted by Crippen LogP contribution is -2.20. The molecule has 0 aliphatic heterocycles. The molecule has 0 amide bonds. The summed E-state index contributed by atoms with van der Waals surface area (Å²) in [5.41, 5.74) is 5.49. The van der Waals surface area contributed by atoms with E-state index in [0.717, 1.165) is 0 Å². The fourth-order valence-corrected chi connectivity index (χ4v) is 1.96. The highest BCUT2D eigenvalue weighted by atomic mass is 35.5. The molecule has 1 aromatic carbocycles. The number of nitrogens with two attached hydrogens (primary N) is 1. The van der Waals surface area contributed by atoms with Crippen molar-refractivity contribution in [1.82, 2.24) is 0 Å². The molecule has 1 rings (SSSR count). The van der Waals surface area contributed by atoms with Crippen LogP contribution < -0.4 is 5.73 Å². The van der Waals surface area contributed by atoms with Crippen molar-refractivity contribution in [2.75, 3.05) is 0 Å². The minimum Gasteiger partial charge on any atom is -0.324 e. The van der Waals surface area contributed by atoms with Gasteiger partial charge in [-0.2, -0.15) is 13.2 Å². The first-order valence-corrected chi connectivity index (χ1v) is 5.31. The van der Waals surface area contributed by atoms with E-state index >= 15 is 0 Å². The highest BCUT2D eigenvalue weighted by Gasteiger charge is 2.32. The first kappa shape index (κ1) is 17.1. The van der Waals surface area contributed by atoms with Gasteiger partial charge in [0.05, 0.1) is 16.5 Å². The van der Waals surface area contributed by atoms with E-state index in [0.29, 0.717) is 0 Å². The summed E-state index contributed by atoms with van der Waals surface area (Å²) in [7, 11) is 0. The molecule has 1 aromatic rings. The number of rotatable bonds is 2. The maximum absolute atomic E-state index is 12.1. The Morgan fingerprint density at radius 1 is 1.18 bits per heavy atom. The van der Waals surface area contributed by atoms with Gasteiger partial charge in [-0.1, -0.05) is 34.8 Å². The minimum absolute atomic E-state index is 0. The van der Waals surface area contributed by atoms with Crippen molar-refractivity contribution in [3.63, 3.8) is 0 Å². The molecule has 0 saturated carbocycles. The third-order valence-electron chi connectivity index (χ3n) is 1.87. The Morgan fingerprint density at radius 3 is 2.18 bits per heavy atom. The van der Waals surface area contributed by atoms with E-state index in [1.807, 2.05) is 0 Å². The lowest BCUT2D eigenvalue weighted by atomic mass is 10.0. The molecular formula is C9H8Cl4F3N. The summed E-state index contributed by atoms with van der Waals surface area (Å²) in [6, 6.07) is 1.35. The van der Waals surface area contributed by atoms with E-state index in [-0.39, 0.29) is 33.0 Å². The second-order valence-electron chi connectivity index (χ2n) is 3.22. The largest absolute Gasteiger partial charge is 0.390 e. The summed E-state index contributed by atoms with van der Waals surface area (Å²) in [6.45, 7) is 0. The van der Waals surface area contributed by atoms with Crippen LogP contribution in [0.5, 0.6) is 0 Å². The van der Waals surface area contributed by atoms with Gasteiger partial charge < -0.3 is 5.73 Å². The molecule has 0 aromatic heterocycles. The van der Waals surface area contributed by atoms with Crippen LogP contribution in [0.25, 0.3) is 0 Å². The Balaban J connectivity index is 0.00000256. The zero-order valence-corrected chi connectivity index (χ0v) is 11.3. The van der Waals surface area contributed by atoms with Crippen molar-refractivity contribution in [3.8, 4) is 0 Å². The molecule has 0 fully saturated rings. The van der Waals surface area contributed by atoms with E-state index < -0.39 is 18.6 Å². The SMILES string of the molecule is Cl.N[C@@H](CC(F)(F)F)c1cc(Cl)cc(Cl)c1Cl. The van der Waals surface area contributed by atoms with Gasteiger partial charge in [0.15, 0.2) is 0 Å². The van der Waals surface area contributed by atoms with E-state index in [9.17, 15) is 13.2 Å². The van der Waals surface area contributed by atoms with E-state index in [1.165, 1.54) is 12.1 Å². The van der Waals surface area contributed by atoms with Crippen LogP contribution in [0.3, 0.4) is 0 Å². The molecule has 0 unspecified atom stereocenters. The second kappa shape index (κ2) is 6.34. The van der Waals surface area contributed by atoms with E-state index in [4.69, 9.17) is 40.5 Å². The van der Waals surface area contributed by atoms with Crippen molar-refractivity contribution < 1.29 is 13.2 Å². The predicted octanol–water partition coefficient (Wildman–Crippen LogP) is 5.02. The number of hydrogen-bond acceptors (Lipinski definition) is 1. The lowest BCUT2D eigenvalue weighted by Gasteiger charge is -2.16. The Hall–Kier alpha value is 0.130. The number of halogens is 7. The molecule has 2 N–H and O–H groups in total. The molecule has 17 heavy (non-hydrogen) atoms. The third kappa shape index (κ3) is 5.10. The molecule has 0 radical (unpaired) electrons. The fourth-order valence-electron chi connectivity index (χ4n) is 1.21. The first-order chi connectivity index (χ1) is 7.20. The molecule has 98 valence electrons. The van der Waals surface area contributed by atoms with Crippen molar-refractivity contribution in [2.24, 2.45) is 5.73 Å². The zero-order chi connectivity index (χ0) is 12.5. The summed E-state index contributed by atoms with van der Waals surface area (Å²) in [5, 5.41) is 0.284. The molecular weight excluding hydrogens is 321 g/mol. The van der Waals surface area contributed by atoms with Crippen molar-refractivity contribution in [2.45, 2.75) is 18.6 Å². The number of benzene rings is 1. The average Bonchev–Trinajstić information content (AvgIpc) is 2.08. The van der Waals surface area contributed by atoms with Gasteiger partial charge in [-0.3, -0.25) is 0 Å². The molecule has 0 bridgehead atoms. The lowest BCUT2D eigenvalue weighted by molar-refractivity contribution is -0.138. The molecule has 1 atom stereocenters. The highest BCUT2D eigenvalue weighted by Crippen LogP contribution is 2.36. The monoisotopic (exact) mass is 327 g/mol. The molecule has 0 aliphatic carbocycles. The van der Waals surface area contributed by atoms with Gasteiger partial charge in [0, 0.05) is 11.1 Å². The van der Waals surface area contributed by atoms with Crippen molar-refractivity contribution in [1.29, 1.82) is 0 Å². The molecule has 0 heterocycles. The molecule has 0 saturated heterocycles. The maximum Gasteiger partial charge on any atom is 0.390 e. The van der Waals surface area contributed by atoms with Crippen LogP contribution in [0.4, 0.5) is 13.2 Å². The Morgan fingerprint density at radius 2 is 1.71 bits per heavy atom. The Labute approximate surface area is 117 Å². The minimum atomic E-state index is -4.36. The molecule has 0 aliphatic rings.